The van der Waals surface area contributed by atoms with Crippen molar-refractivity contribution in [3.8, 4) is 11.5 Å². The number of nitrogens with one attached hydrogen (secondary N) is 1. The van der Waals surface area contributed by atoms with Gasteiger partial charge in [-0.15, -0.1) is 10.2 Å². The van der Waals surface area contributed by atoms with E-state index >= 15 is 0 Å². The summed E-state index contributed by atoms with van der Waals surface area (Å²) in [6, 6.07) is 8.08. The van der Waals surface area contributed by atoms with Crippen LogP contribution in [0, 0.1) is 0 Å². The number of rotatable bonds is 5. The Morgan fingerprint density at radius 3 is 2.83 bits per heavy atom. The van der Waals surface area contributed by atoms with Gasteiger partial charge >= 0.3 is 0 Å². The van der Waals surface area contributed by atoms with Crippen molar-refractivity contribution in [2.75, 3.05) is 12.4 Å². The third kappa shape index (κ3) is 2.87. The normalized spacial score (nSPS) is 14.2. The molecule has 0 saturated carbocycles. The van der Waals surface area contributed by atoms with E-state index in [1.165, 1.54) is 6.39 Å². The van der Waals surface area contributed by atoms with E-state index in [0.717, 1.165) is 11.3 Å². The number of hydrogen-bond donors (Lipinski definition) is 1. The Labute approximate surface area is 106 Å². The molecule has 1 heterocycles. The van der Waals surface area contributed by atoms with E-state index in [-0.39, 0.29) is 12.1 Å². The van der Waals surface area contributed by atoms with Gasteiger partial charge in [-0.25, -0.2) is 0 Å². The summed E-state index contributed by atoms with van der Waals surface area (Å²) in [7, 11) is 1.71. The molecule has 0 bridgehead atoms. The third-order valence-corrected chi connectivity index (χ3v) is 2.94. The lowest BCUT2D eigenvalue weighted by molar-refractivity contribution is 0.106. The molecule has 2 atom stereocenters. The second-order valence-corrected chi connectivity index (χ2v) is 4.20. The molecule has 2 aromatic rings. The Kier molecular flexibility index (Phi) is 3.94. The number of ether oxygens (including phenoxy) is 1. The van der Waals surface area contributed by atoms with Crippen LogP contribution in [0.3, 0.4) is 0 Å². The highest BCUT2D eigenvalue weighted by molar-refractivity contribution is 5.61. The van der Waals surface area contributed by atoms with Crippen LogP contribution in [-0.2, 0) is 4.74 Å². The van der Waals surface area contributed by atoms with Crippen LogP contribution in [0.4, 0.5) is 5.69 Å². The van der Waals surface area contributed by atoms with Crippen molar-refractivity contribution in [1.82, 2.24) is 10.2 Å². The molecule has 5 heteroatoms. The lowest BCUT2D eigenvalue weighted by Gasteiger charge is -2.21. The van der Waals surface area contributed by atoms with Crippen LogP contribution >= 0.6 is 0 Å². The van der Waals surface area contributed by atoms with Gasteiger partial charge in [-0.1, -0.05) is 6.07 Å². The van der Waals surface area contributed by atoms with Crippen molar-refractivity contribution < 1.29 is 9.15 Å². The molecule has 2 unspecified atom stereocenters. The van der Waals surface area contributed by atoms with Crippen molar-refractivity contribution in [3.63, 3.8) is 0 Å². The molecule has 18 heavy (non-hydrogen) atoms. The standard InChI is InChI=1S/C13H17N3O2/c1-9(10(2)17-3)15-12-6-4-5-11(7-12)13-16-14-8-18-13/h4-10,15H,1-3H3. The van der Waals surface area contributed by atoms with Crippen LogP contribution in [-0.4, -0.2) is 29.5 Å². The first kappa shape index (κ1) is 12.6. The first-order valence-electron chi connectivity index (χ1n) is 5.86. The summed E-state index contributed by atoms with van der Waals surface area (Å²) in [5.74, 6) is 0.520. The van der Waals surface area contributed by atoms with Gasteiger partial charge in [0.1, 0.15) is 0 Å². The van der Waals surface area contributed by atoms with Gasteiger partial charge in [0, 0.05) is 24.4 Å². The average molecular weight is 247 g/mol. The molecule has 1 aromatic carbocycles. The molecular formula is C13H17N3O2. The molecule has 0 aliphatic heterocycles. The second-order valence-electron chi connectivity index (χ2n) is 4.20. The van der Waals surface area contributed by atoms with E-state index in [0.29, 0.717) is 5.89 Å². The van der Waals surface area contributed by atoms with E-state index in [1.807, 2.05) is 31.2 Å². The maximum atomic E-state index is 5.28. The molecule has 0 aliphatic carbocycles. The van der Waals surface area contributed by atoms with E-state index in [2.05, 4.69) is 22.4 Å². The van der Waals surface area contributed by atoms with Crippen LogP contribution in [0.25, 0.3) is 11.5 Å². The van der Waals surface area contributed by atoms with E-state index in [4.69, 9.17) is 9.15 Å². The number of benzene rings is 1. The Hall–Kier alpha value is -1.88. The summed E-state index contributed by atoms with van der Waals surface area (Å²) in [4.78, 5) is 0. The minimum absolute atomic E-state index is 0.136. The summed E-state index contributed by atoms with van der Waals surface area (Å²) < 4.78 is 10.5. The summed E-state index contributed by atoms with van der Waals surface area (Å²) >= 11 is 0. The second kappa shape index (κ2) is 5.64. The van der Waals surface area contributed by atoms with Gasteiger partial charge in [0.2, 0.25) is 12.3 Å². The minimum Gasteiger partial charge on any atom is -0.423 e. The number of aromatic nitrogens is 2. The van der Waals surface area contributed by atoms with Crippen LogP contribution in [0.15, 0.2) is 35.1 Å². The van der Waals surface area contributed by atoms with Crippen molar-refractivity contribution in [2.24, 2.45) is 0 Å². The van der Waals surface area contributed by atoms with Crippen LogP contribution in [0.2, 0.25) is 0 Å². The fourth-order valence-electron chi connectivity index (χ4n) is 1.63. The molecular weight excluding hydrogens is 230 g/mol. The Morgan fingerprint density at radius 1 is 1.33 bits per heavy atom. The molecule has 0 spiro atoms. The number of nitrogens with zero attached hydrogens (tertiary/aromatic N) is 2. The van der Waals surface area contributed by atoms with Crippen molar-refractivity contribution in [3.05, 3.63) is 30.7 Å². The highest BCUT2D eigenvalue weighted by atomic mass is 16.5. The maximum Gasteiger partial charge on any atom is 0.247 e. The number of methoxy groups -OCH3 is 1. The lowest BCUT2D eigenvalue weighted by Crippen LogP contribution is -2.29. The monoisotopic (exact) mass is 247 g/mol. The zero-order chi connectivity index (χ0) is 13.0. The van der Waals surface area contributed by atoms with Gasteiger partial charge in [0.15, 0.2) is 0 Å². The quantitative estimate of drug-likeness (QED) is 0.879. The fourth-order valence-corrected chi connectivity index (χ4v) is 1.63. The molecule has 1 N–H and O–H groups in total. The summed E-state index contributed by atoms with van der Waals surface area (Å²) in [5, 5.41) is 10.9. The van der Waals surface area contributed by atoms with Crippen molar-refractivity contribution in [2.45, 2.75) is 26.0 Å². The van der Waals surface area contributed by atoms with Gasteiger partial charge in [0.25, 0.3) is 0 Å². The topological polar surface area (TPSA) is 60.2 Å². The average Bonchev–Trinajstić information content (AvgIpc) is 2.92. The molecule has 1 aromatic heterocycles. The first-order valence-corrected chi connectivity index (χ1v) is 5.86. The van der Waals surface area contributed by atoms with Crippen LogP contribution in [0.1, 0.15) is 13.8 Å². The van der Waals surface area contributed by atoms with E-state index < -0.39 is 0 Å². The summed E-state index contributed by atoms with van der Waals surface area (Å²) in [6.45, 7) is 4.10. The smallest absolute Gasteiger partial charge is 0.247 e. The molecule has 0 radical (unpaired) electrons. The van der Waals surface area contributed by atoms with Gasteiger partial charge in [-0.05, 0) is 32.0 Å². The Bertz CT molecular complexity index is 485. The maximum absolute atomic E-state index is 5.28. The van der Waals surface area contributed by atoms with E-state index in [1.54, 1.807) is 7.11 Å². The molecule has 0 fully saturated rings. The Morgan fingerprint density at radius 2 is 2.17 bits per heavy atom. The molecule has 5 nitrogen and oxygen atoms in total. The highest BCUT2D eigenvalue weighted by Gasteiger charge is 2.11. The summed E-state index contributed by atoms with van der Waals surface area (Å²) in [5.41, 5.74) is 1.90. The van der Waals surface area contributed by atoms with Gasteiger partial charge < -0.3 is 14.5 Å². The van der Waals surface area contributed by atoms with Gasteiger partial charge in [0.05, 0.1) is 6.10 Å². The lowest BCUT2D eigenvalue weighted by atomic mass is 10.1. The first-order chi connectivity index (χ1) is 8.70. The number of anilines is 1. The Balaban J connectivity index is 2.13. The largest absolute Gasteiger partial charge is 0.423 e. The minimum atomic E-state index is 0.136. The van der Waals surface area contributed by atoms with Crippen molar-refractivity contribution in [1.29, 1.82) is 0 Å². The van der Waals surface area contributed by atoms with Gasteiger partial charge in [-0.2, -0.15) is 0 Å². The highest BCUT2D eigenvalue weighted by Crippen LogP contribution is 2.21. The predicted molar refractivity (Wildman–Crippen MR) is 69.3 cm³/mol. The molecule has 0 amide bonds. The molecule has 0 saturated heterocycles. The van der Waals surface area contributed by atoms with Crippen LogP contribution < -0.4 is 5.32 Å². The number of hydrogen-bond acceptors (Lipinski definition) is 5. The van der Waals surface area contributed by atoms with E-state index in [9.17, 15) is 0 Å². The fraction of sp³-hybridized carbons (Fsp3) is 0.385. The zero-order valence-corrected chi connectivity index (χ0v) is 10.8. The molecule has 2 rings (SSSR count). The van der Waals surface area contributed by atoms with Gasteiger partial charge in [-0.3, -0.25) is 0 Å². The predicted octanol–water partition coefficient (Wildman–Crippen LogP) is 2.57. The third-order valence-electron chi connectivity index (χ3n) is 2.94. The van der Waals surface area contributed by atoms with Crippen molar-refractivity contribution >= 4 is 5.69 Å². The SMILES string of the molecule is COC(C)C(C)Nc1cccc(-c2nnco2)c1. The molecule has 0 aliphatic rings. The zero-order valence-electron chi connectivity index (χ0n) is 10.8. The van der Waals surface area contributed by atoms with Crippen LogP contribution in [0.5, 0.6) is 0 Å². The summed E-state index contributed by atoms with van der Waals surface area (Å²) in [6.07, 6.45) is 1.46. The molecule has 96 valence electrons.